The number of hydrogen-bond donors (Lipinski definition) is 1. The molecule has 1 aliphatic heterocycles. The molecule has 5 rings (SSSR count). The van der Waals surface area contributed by atoms with Crippen molar-refractivity contribution >= 4 is 83.2 Å². The van der Waals surface area contributed by atoms with E-state index in [0.717, 1.165) is 39.4 Å². The fourth-order valence-electron chi connectivity index (χ4n) is 4.19. The molecule has 0 aliphatic carbocycles. The van der Waals surface area contributed by atoms with E-state index in [1.807, 2.05) is 36.4 Å². The van der Waals surface area contributed by atoms with Crippen LogP contribution in [-0.4, -0.2) is 28.5 Å². The second-order valence-corrected chi connectivity index (χ2v) is 11.9. The zero-order valence-corrected chi connectivity index (χ0v) is 25.4. The molecule has 0 atom stereocenters. The monoisotopic (exact) mass is 718 g/mol. The third-order valence-corrected chi connectivity index (χ3v) is 8.25. The summed E-state index contributed by atoms with van der Waals surface area (Å²) >= 11 is 7.67. The molecule has 1 fully saturated rings. The molecule has 1 N–H and O–H groups in total. The van der Waals surface area contributed by atoms with E-state index in [0.29, 0.717) is 38.6 Å². The summed E-state index contributed by atoms with van der Waals surface area (Å²) in [4.78, 5) is 38.7. The Kier molecular flexibility index (Phi) is 8.76. The first-order chi connectivity index (χ1) is 20.0. The molecule has 1 aliphatic rings. The first kappa shape index (κ1) is 29.9. The molecule has 1 heterocycles. The van der Waals surface area contributed by atoms with Crippen LogP contribution in [0.1, 0.15) is 16.7 Å². The summed E-state index contributed by atoms with van der Waals surface area (Å²) in [6.07, 6.45) is -3.07. The van der Waals surface area contributed by atoms with Gasteiger partial charge >= 0.3 is 6.18 Å². The second-order valence-electron chi connectivity index (χ2n) is 9.18. The zero-order chi connectivity index (χ0) is 30.0. The Morgan fingerprint density at radius 2 is 1.64 bits per heavy atom. The highest BCUT2D eigenvalue weighted by molar-refractivity contribution is 9.11. The van der Waals surface area contributed by atoms with E-state index < -0.39 is 35.3 Å². The lowest BCUT2D eigenvalue weighted by atomic mass is 10.1. The average molecular weight is 720 g/mol. The number of alkyl halides is 3. The topological polar surface area (TPSA) is 75.7 Å². The van der Waals surface area contributed by atoms with E-state index in [1.54, 1.807) is 12.1 Å². The van der Waals surface area contributed by atoms with Gasteiger partial charge < -0.3 is 10.1 Å². The van der Waals surface area contributed by atoms with Crippen LogP contribution in [0, 0.1) is 0 Å². The fourth-order valence-corrected chi connectivity index (χ4v) is 6.48. The molecular formula is C30H19Br2F3N2O4S. The van der Waals surface area contributed by atoms with Gasteiger partial charge in [0, 0.05) is 5.69 Å². The minimum Gasteiger partial charge on any atom is -0.487 e. The number of ether oxygens (including phenoxy) is 1. The summed E-state index contributed by atoms with van der Waals surface area (Å²) < 4.78 is 46.1. The summed E-state index contributed by atoms with van der Waals surface area (Å²) in [6, 6.07) is 21.7. The first-order valence-corrected chi connectivity index (χ1v) is 14.7. The van der Waals surface area contributed by atoms with E-state index in [4.69, 9.17) is 4.74 Å². The van der Waals surface area contributed by atoms with Crippen molar-refractivity contribution in [2.45, 2.75) is 12.8 Å². The van der Waals surface area contributed by atoms with Gasteiger partial charge in [-0.25, -0.2) is 0 Å². The van der Waals surface area contributed by atoms with E-state index in [9.17, 15) is 27.6 Å². The molecule has 0 unspecified atom stereocenters. The highest BCUT2D eigenvalue weighted by Gasteiger charge is 2.36. The number of rotatable bonds is 7. The van der Waals surface area contributed by atoms with Crippen LogP contribution in [-0.2, 0) is 22.4 Å². The number of halogens is 5. The SMILES string of the molecule is O=C(CN1C(=O)S/C(=C\c2cc(Br)c(OCc3ccc4ccccc4c3)c(Br)c2)C1=O)Nc1cccc(C(F)(F)F)c1. The summed E-state index contributed by atoms with van der Waals surface area (Å²) in [5.74, 6) is -0.941. The van der Waals surface area contributed by atoms with E-state index in [2.05, 4.69) is 43.2 Å². The minimum absolute atomic E-state index is 0.0931. The third-order valence-electron chi connectivity index (χ3n) is 6.16. The largest absolute Gasteiger partial charge is 0.487 e. The number of imide groups is 1. The van der Waals surface area contributed by atoms with Gasteiger partial charge in [0.25, 0.3) is 11.1 Å². The quantitative estimate of drug-likeness (QED) is 0.194. The van der Waals surface area contributed by atoms with Gasteiger partial charge in [-0.3, -0.25) is 19.3 Å². The number of nitrogens with one attached hydrogen (secondary N) is 1. The van der Waals surface area contributed by atoms with Gasteiger partial charge in [-0.1, -0.05) is 42.5 Å². The number of fused-ring (bicyclic) bond motifs is 1. The van der Waals surface area contributed by atoms with Crippen LogP contribution in [0.15, 0.2) is 92.7 Å². The van der Waals surface area contributed by atoms with Gasteiger partial charge in [0.15, 0.2) is 0 Å². The Balaban J connectivity index is 1.25. The number of carbonyl (C=O) groups is 3. The van der Waals surface area contributed by atoms with Crippen molar-refractivity contribution in [2.24, 2.45) is 0 Å². The molecule has 214 valence electrons. The van der Waals surface area contributed by atoms with Gasteiger partial charge in [-0.2, -0.15) is 13.2 Å². The van der Waals surface area contributed by atoms with Crippen molar-refractivity contribution < 1.29 is 32.3 Å². The number of nitrogens with zero attached hydrogens (tertiary/aromatic N) is 1. The molecule has 6 nitrogen and oxygen atoms in total. The molecule has 0 saturated carbocycles. The lowest BCUT2D eigenvalue weighted by Crippen LogP contribution is -2.36. The second kappa shape index (κ2) is 12.3. The molecule has 0 bridgehead atoms. The summed E-state index contributed by atoms with van der Waals surface area (Å²) in [6.45, 7) is -0.323. The third kappa shape index (κ3) is 6.88. The number of carbonyl (C=O) groups excluding carboxylic acids is 3. The maximum Gasteiger partial charge on any atom is 0.416 e. The van der Waals surface area contributed by atoms with Crippen LogP contribution in [0.3, 0.4) is 0 Å². The Morgan fingerprint density at radius 3 is 2.36 bits per heavy atom. The molecule has 3 amide bonds. The smallest absolute Gasteiger partial charge is 0.416 e. The van der Waals surface area contributed by atoms with E-state index in [1.165, 1.54) is 12.1 Å². The van der Waals surface area contributed by atoms with Crippen molar-refractivity contribution in [2.75, 3.05) is 11.9 Å². The molecule has 1 saturated heterocycles. The highest BCUT2D eigenvalue weighted by atomic mass is 79.9. The van der Waals surface area contributed by atoms with Crippen molar-refractivity contribution in [3.05, 3.63) is 109 Å². The maximum absolute atomic E-state index is 13.0. The molecule has 42 heavy (non-hydrogen) atoms. The zero-order valence-electron chi connectivity index (χ0n) is 21.4. The van der Waals surface area contributed by atoms with Gasteiger partial charge in [0.1, 0.15) is 18.9 Å². The maximum atomic E-state index is 13.0. The average Bonchev–Trinajstić information content (AvgIpc) is 3.19. The number of amides is 3. The van der Waals surface area contributed by atoms with Crippen LogP contribution < -0.4 is 10.1 Å². The van der Waals surface area contributed by atoms with Gasteiger partial charge in [0.05, 0.1) is 19.4 Å². The fraction of sp³-hybridized carbons (Fsp3) is 0.100. The number of anilines is 1. The van der Waals surface area contributed by atoms with Gasteiger partial charge in [0.2, 0.25) is 5.91 Å². The molecule has 0 spiro atoms. The van der Waals surface area contributed by atoms with Crippen LogP contribution in [0.2, 0.25) is 0 Å². The molecule has 4 aromatic carbocycles. The Hall–Kier alpha value is -3.61. The van der Waals surface area contributed by atoms with E-state index in [-0.39, 0.29) is 10.6 Å². The first-order valence-electron chi connectivity index (χ1n) is 12.3. The van der Waals surface area contributed by atoms with Gasteiger partial charge in [-0.15, -0.1) is 0 Å². The van der Waals surface area contributed by atoms with Crippen LogP contribution in [0.4, 0.5) is 23.7 Å². The summed E-state index contributed by atoms with van der Waals surface area (Å²) in [7, 11) is 0. The lowest BCUT2D eigenvalue weighted by Gasteiger charge is -2.14. The lowest BCUT2D eigenvalue weighted by molar-refractivity contribution is -0.137. The molecule has 0 radical (unpaired) electrons. The number of thioether (sulfide) groups is 1. The normalized spacial score (nSPS) is 14.6. The van der Waals surface area contributed by atoms with Crippen molar-refractivity contribution in [3.63, 3.8) is 0 Å². The Labute approximate surface area is 259 Å². The molecular weight excluding hydrogens is 701 g/mol. The Morgan fingerprint density at radius 1 is 0.929 bits per heavy atom. The number of hydrogen-bond acceptors (Lipinski definition) is 5. The van der Waals surface area contributed by atoms with Crippen molar-refractivity contribution in [1.82, 2.24) is 4.90 Å². The van der Waals surface area contributed by atoms with Crippen molar-refractivity contribution in [1.29, 1.82) is 0 Å². The minimum atomic E-state index is -4.58. The molecule has 12 heteroatoms. The van der Waals surface area contributed by atoms with Gasteiger partial charge in [-0.05, 0) is 108 Å². The summed E-state index contributed by atoms with van der Waals surface area (Å²) in [5.41, 5.74) is 0.542. The standard InChI is InChI=1S/C30H19Br2F3N2O4S/c31-23-11-18(12-24(32)27(23)41-16-17-8-9-19-4-1-2-5-20(19)10-17)13-25-28(39)37(29(40)42-25)15-26(38)36-22-7-3-6-21(14-22)30(33,34)35/h1-14H,15-16H2,(H,36,38)/b25-13-. The Bertz CT molecular complexity index is 1740. The molecule has 4 aromatic rings. The number of benzene rings is 4. The molecule has 0 aromatic heterocycles. The van der Waals surface area contributed by atoms with E-state index >= 15 is 0 Å². The van der Waals surface area contributed by atoms with Crippen LogP contribution >= 0.6 is 43.6 Å². The predicted octanol–water partition coefficient (Wildman–Crippen LogP) is 8.64. The van der Waals surface area contributed by atoms with Crippen LogP contribution in [0.25, 0.3) is 16.8 Å². The summed E-state index contributed by atoms with van der Waals surface area (Å²) in [5, 5.41) is 3.87. The van der Waals surface area contributed by atoms with Crippen LogP contribution in [0.5, 0.6) is 5.75 Å². The predicted molar refractivity (Wildman–Crippen MR) is 163 cm³/mol. The van der Waals surface area contributed by atoms with Crippen molar-refractivity contribution in [3.8, 4) is 5.75 Å². The highest BCUT2D eigenvalue weighted by Crippen LogP contribution is 2.38.